The van der Waals surface area contributed by atoms with E-state index < -0.39 is 0 Å². The van der Waals surface area contributed by atoms with Crippen molar-refractivity contribution >= 4 is 0 Å². The Morgan fingerprint density at radius 3 is 2.44 bits per heavy atom. The van der Waals surface area contributed by atoms with Crippen LogP contribution in [0.15, 0.2) is 42.9 Å². The van der Waals surface area contributed by atoms with E-state index in [2.05, 4.69) is 35.9 Å². The van der Waals surface area contributed by atoms with Crippen LogP contribution in [0, 0.1) is 0 Å². The van der Waals surface area contributed by atoms with Gasteiger partial charge in [0.05, 0.1) is 0 Å². The molecule has 0 aromatic carbocycles. The van der Waals surface area contributed by atoms with E-state index in [1.165, 1.54) is 11.1 Å². The van der Waals surface area contributed by atoms with Crippen molar-refractivity contribution in [2.45, 2.75) is 26.2 Å². The summed E-state index contributed by atoms with van der Waals surface area (Å²) in [6.07, 6.45) is 6.66. The fraction of sp³-hybridized carbons (Fsp3) is 0.286. The molecule has 0 radical (unpaired) electrons. The largest absolute Gasteiger partial charge is 0.265 e. The Balaban J connectivity index is 2.24. The molecule has 0 saturated carbocycles. The lowest BCUT2D eigenvalue weighted by Gasteiger charge is -2.11. The van der Waals surface area contributed by atoms with Gasteiger partial charge in [-0.2, -0.15) is 0 Å². The van der Waals surface area contributed by atoms with Crippen LogP contribution < -0.4 is 0 Å². The van der Waals surface area contributed by atoms with E-state index in [-0.39, 0.29) is 0 Å². The molecule has 0 fully saturated rings. The molecule has 2 aromatic rings. The third-order valence-electron chi connectivity index (χ3n) is 2.91. The zero-order valence-electron chi connectivity index (χ0n) is 9.72. The van der Waals surface area contributed by atoms with Gasteiger partial charge >= 0.3 is 0 Å². The molecule has 0 amide bonds. The van der Waals surface area contributed by atoms with Crippen LogP contribution in [0.4, 0.5) is 0 Å². The number of nitrogens with zero attached hydrogens (tertiary/aromatic N) is 2. The molecule has 0 spiro atoms. The standard InChI is InChI=1S/C14H16N2/c1-3-12-4-5-14(16-10-12)11(2)13-6-8-15-9-7-13/h4-11H,3H2,1-2H3. The third-order valence-corrected chi connectivity index (χ3v) is 2.91. The minimum atomic E-state index is 0.328. The van der Waals surface area contributed by atoms with E-state index in [1.807, 2.05) is 30.7 Å². The van der Waals surface area contributed by atoms with Crippen molar-refractivity contribution in [3.8, 4) is 0 Å². The summed E-state index contributed by atoms with van der Waals surface area (Å²) in [7, 11) is 0. The summed E-state index contributed by atoms with van der Waals surface area (Å²) in [6, 6.07) is 8.35. The normalized spacial score (nSPS) is 12.4. The quantitative estimate of drug-likeness (QED) is 0.780. The molecule has 82 valence electrons. The lowest BCUT2D eigenvalue weighted by molar-refractivity contribution is 0.862. The van der Waals surface area contributed by atoms with Crippen LogP contribution in [0.1, 0.15) is 36.6 Å². The highest BCUT2D eigenvalue weighted by atomic mass is 14.7. The average molecular weight is 212 g/mol. The third kappa shape index (κ3) is 2.27. The molecule has 0 aliphatic carbocycles. The summed E-state index contributed by atoms with van der Waals surface area (Å²) in [5.74, 6) is 0.328. The van der Waals surface area contributed by atoms with Gasteiger partial charge in [-0.15, -0.1) is 0 Å². The summed E-state index contributed by atoms with van der Waals surface area (Å²) < 4.78 is 0. The molecule has 2 nitrogen and oxygen atoms in total. The molecule has 16 heavy (non-hydrogen) atoms. The molecule has 2 aromatic heterocycles. The smallest absolute Gasteiger partial charge is 0.0475 e. The van der Waals surface area contributed by atoms with Crippen LogP contribution >= 0.6 is 0 Å². The zero-order valence-corrected chi connectivity index (χ0v) is 9.72. The van der Waals surface area contributed by atoms with Crippen molar-refractivity contribution in [3.63, 3.8) is 0 Å². The van der Waals surface area contributed by atoms with E-state index in [4.69, 9.17) is 0 Å². The maximum atomic E-state index is 4.51. The molecule has 1 unspecified atom stereocenters. The Morgan fingerprint density at radius 2 is 1.88 bits per heavy atom. The molecule has 0 aliphatic heterocycles. The monoisotopic (exact) mass is 212 g/mol. The highest BCUT2D eigenvalue weighted by Gasteiger charge is 2.08. The Morgan fingerprint density at radius 1 is 1.12 bits per heavy atom. The van der Waals surface area contributed by atoms with Gasteiger partial charge in [0.15, 0.2) is 0 Å². The van der Waals surface area contributed by atoms with E-state index in [9.17, 15) is 0 Å². The average Bonchev–Trinajstić information content (AvgIpc) is 2.39. The van der Waals surface area contributed by atoms with Crippen LogP contribution in [-0.4, -0.2) is 9.97 Å². The molecule has 2 heteroatoms. The Kier molecular flexibility index (Phi) is 3.30. The Bertz CT molecular complexity index is 434. The topological polar surface area (TPSA) is 25.8 Å². The predicted molar refractivity (Wildman–Crippen MR) is 65.4 cm³/mol. The van der Waals surface area contributed by atoms with Crippen LogP contribution in [0.25, 0.3) is 0 Å². The number of hydrogen-bond acceptors (Lipinski definition) is 2. The van der Waals surface area contributed by atoms with Gasteiger partial charge in [-0.05, 0) is 35.7 Å². The SMILES string of the molecule is CCc1ccc(C(C)c2ccncc2)nc1. The van der Waals surface area contributed by atoms with E-state index in [0.29, 0.717) is 5.92 Å². The second-order valence-corrected chi connectivity index (χ2v) is 3.95. The molecule has 0 bridgehead atoms. The first-order chi connectivity index (χ1) is 7.81. The van der Waals surface area contributed by atoms with E-state index in [1.54, 1.807) is 0 Å². The van der Waals surface area contributed by atoms with Crippen LogP contribution in [-0.2, 0) is 6.42 Å². The second-order valence-electron chi connectivity index (χ2n) is 3.95. The predicted octanol–water partition coefficient (Wildman–Crippen LogP) is 3.19. The summed E-state index contributed by atoms with van der Waals surface area (Å²) in [6.45, 7) is 4.31. The molecular formula is C14H16N2. The lowest BCUT2D eigenvalue weighted by Crippen LogP contribution is -1.99. The Labute approximate surface area is 96.4 Å². The van der Waals surface area contributed by atoms with Gasteiger partial charge in [0.2, 0.25) is 0 Å². The van der Waals surface area contributed by atoms with Crippen LogP contribution in [0.2, 0.25) is 0 Å². The van der Waals surface area contributed by atoms with Crippen LogP contribution in [0.5, 0.6) is 0 Å². The van der Waals surface area contributed by atoms with Gasteiger partial charge in [0.1, 0.15) is 0 Å². The maximum absolute atomic E-state index is 4.51. The van der Waals surface area contributed by atoms with Crippen molar-refractivity contribution in [3.05, 3.63) is 59.7 Å². The molecule has 1 atom stereocenters. The number of aromatic nitrogens is 2. The van der Waals surface area contributed by atoms with Gasteiger partial charge < -0.3 is 0 Å². The van der Waals surface area contributed by atoms with Gasteiger partial charge in [-0.1, -0.05) is 19.9 Å². The van der Waals surface area contributed by atoms with Crippen molar-refractivity contribution in [2.24, 2.45) is 0 Å². The number of hydrogen-bond donors (Lipinski definition) is 0. The summed E-state index contributed by atoms with van der Waals surface area (Å²) in [5, 5.41) is 0. The summed E-state index contributed by atoms with van der Waals surface area (Å²) in [5.41, 5.74) is 3.65. The molecule has 0 saturated heterocycles. The first-order valence-corrected chi connectivity index (χ1v) is 5.66. The minimum absolute atomic E-state index is 0.328. The van der Waals surface area contributed by atoms with Crippen molar-refractivity contribution in [1.82, 2.24) is 9.97 Å². The zero-order chi connectivity index (χ0) is 11.4. The van der Waals surface area contributed by atoms with Gasteiger partial charge in [-0.3, -0.25) is 9.97 Å². The van der Waals surface area contributed by atoms with E-state index in [0.717, 1.165) is 12.1 Å². The van der Waals surface area contributed by atoms with Gasteiger partial charge in [-0.25, -0.2) is 0 Å². The molecule has 0 N–H and O–H groups in total. The maximum Gasteiger partial charge on any atom is 0.0475 e. The molecular weight excluding hydrogens is 196 g/mol. The lowest BCUT2D eigenvalue weighted by atomic mass is 9.98. The Hall–Kier alpha value is -1.70. The van der Waals surface area contributed by atoms with Gasteiger partial charge in [0, 0.05) is 30.2 Å². The highest BCUT2D eigenvalue weighted by Crippen LogP contribution is 2.21. The molecule has 2 rings (SSSR count). The number of aryl methyl sites for hydroxylation is 1. The number of rotatable bonds is 3. The van der Waals surface area contributed by atoms with Crippen molar-refractivity contribution < 1.29 is 0 Å². The fourth-order valence-corrected chi connectivity index (χ4v) is 1.72. The molecule has 0 aliphatic rings. The van der Waals surface area contributed by atoms with Crippen molar-refractivity contribution in [1.29, 1.82) is 0 Å². The fourth-order valence-electron chi connectivity index (χ4n) is 1.72. The van der Waals surface area contributed by atoms with E-state index >= 15 is 0 Å². The van der Waals surface area contributed by atoms with Crippen molar-refractivity contribution in [2.75, 3.05) is 0 Å². The first kappa shape index (κ1) is 10.8. The first-order valence-electron chi connectivity index (χ1n) is 5.66. The highest BCUT2D eigenvalue weighted by molar-refractivity contribution is 5.26. The van der Waals surface area contributed by atoms with Crippen LogP contribution in [0.3, 0.4) is 0 Å². The molecule has 2 heterocycles. The second kappa shape index (κ2) is 4.88. The van der Waals surface area contributed by atoms with Gasteiger partial charge in [0.25, 0.3) is 0 Å². The number of pyridine rings is 2. The minimum Gasteiger partial charge on any atom is -0.265 e. The summed E-state index contributed by atoms with van der Waals surface area (Å²) in [4.78, 5) is 8.53. The summed E-state index contributed by atoms with van der Waals surface area (Å²) >= 11 is 0.